The van der Waals surface area contributed by atoms with Crippen LogP contribution < -0.4 is 20.1 Å². The monoisotopic (exact) mass is 374 g/mol. The number of benzene rings is 1. The van der Waals surface area contributed by atoms with Gasteiger partial charge in [-0.2, -0.15) is 0 Å². The van der Waals surface area contributed by atoms with E-state index < -0.39 is 0 Å². The molecule has 2 N–H and O–H groups in total. The highest BCUT2D eigenvalue weighted by atomic mass is 16.5. The van der Waals surface area contributed by atoms with Crippen LogP contribution in [-0.4, -0.2) is 38.4 Å². The second kappa shape index (κ2) is 11.1. The first-order valence-corrected chi connectivity index (χ1v) is 9.37. The van der Waals surface area contributed by atoms with Crippen molar-refractivity contribution in [3.05, 3.63) is 41.8 Å². The smallest absolute Gasteiger partial charge is 0.191 e. The summed E-state index contributed by atoms with van der Waals surface area (Å²) in [7, 11) is 3.37. The van der Waals surface area contributed by atoms with Gasteiger partial charge in [0.05, 0.1) is 25.9 Å². The van der Waals surface area contributed by atoms with E-state index >= 15 is 0 Å². The van der Waals surface area contributed by atoms with Gasteiger partial charge in [-0.05, 0) is 25.0 Å². The lowest BCUT2D eigenvalue weighted by Gasteiger charge is -2.12. The highest BCUT2D eigenvalue weighted by Gasteiger charge is 2.13. The molecule has 0 bridgehead atoms. The maximum absolute atomic E-state index is 5.71. The largest absolute Gasteiger partial charge is 0.497 e. The Morgan fingerprint density at radius 2 is 1.96 bits per heavy atom. The fourth-order valence-electron chi connectivity index (χ4n) is 2.73. The second-order valence-electron chi connectivity index (χ2n) is 6.11. The van der Waals surface area contributed by atoms with Crippen molar-refractivity contribution in [1.82, 2.24) is 15.8 Å². The molecule has 0 saturated carbocycles. The molecule has 0 saturated heterocycles. The van der Waals surface area contributed by atoms with Crippen molar-refractivity contribution in [2.45, 2.75) is 39.2 Å². The predicted octanol–water partition coefficient (Wildman–Crippen LogP) is 3.33. The third kappa shape index (κ3) is 6.51. The molecular weight excluding hydrogens is 344 g/mol. The van der Waals surface area contributed by atoms with Crippen LogP contribution in [0.3, 0.4) is 0 Å². The SMILES string of the molecule is CCC(CC)c1cc(CNC(=NC)NCCOc2cccc(OC)c2)on1. The van der Waals surface area contributed by atoms with Crippen LogP contribution in [-0.2, 0) is 6.54 Å². The zero-order chi connectivity index (χ0) is 19.5. The van der Waals surface area contributed by atoms with E-state index in [0.717, 1.165) is 35.8 Å². The van der Waals surface area contributed by atoms with Crippen molar-refractivity contribution in [2.75, 3.05) is 27.3 Å². The Balaban J connectivity index is 1.73. The summed E-state index contributed by atoms with van der Waals surface area (Å²) in [4.78, 5) is 4.21. The van der Waals surface area contributed by atoms with Crippen molar-refractivity contribution >= 4 is 5.96 Å². The number of hydrogen-bond acceptors (Lipinski definition) is 5. The summed E-state index contributed by atoms with van der Waals surface area (Å²) in [6.07, 6.45) is 2.12. The summed E-state index contributed by atoms with van der Waals surface area (Å²) in [5.74, 6) is 3.48. The van der Waals surface area contributed by atoms with Crippen molar-refractivity contribution in [2.24, 2.45) is 4.99 Å². The number of ether oxygens (including phenoxy) is 2. The molecule has 0 spiro atoms. The van der Waals surface area contributed by atoms with Gasteiger partial charge in [0, 0.05) is 25.1 Å². The van der Waals surface area contributed by atoms with Crippen molar-refractivity contribution < 1.29 is 14.0 Å². The van der Waals surface area contributed by atoms with Crippen LogP contribution in [0.5, 0.6) is 11.5 Å². The average molecular weight is 374 g/mol. The summed E-state index contributed by atoms with van der Waals surface area (Å²) >= 11 is 0. The average Bonchev–Trinajstić information content (AvgIpc) is 3.17. The van der Waals surface area contributed by atoms with Gasteiger partial charge in [0.15, 0.2) is 11.7 Å². The zero-order valence-corrected chi connectivity index (χ0v) is 16.6. The molecule has 0 aliphatic rings. The van der Waals surface area contributed by atoms with Crippen LogP contribution >= 0.6 is 0 Å². The van der Waals surface area contributed by atoms with Gasteiger partial charge in [-0.3, -0.25) is 4.99 Å². The number of nitrogens with zero attached hydrogens (tertiary/aromatic N) is 2. The summed E-state index contributed by atoms with van der Waals surface area (Å²) in [6.45, 7) is 5.99. The molecule has 148 valence electrons. The Labute approximate surface area is 161 Å². The number of methoxy groups -OCH3 is 1. The Hall–Kier alpha value is -2.70. The highest BCUT2D eigenvalue weighted by Crippen LogP contribution is 2.22. The van der Waals surface area contributed by atoms with Gasteiger partial charge in [-0.1, -0.05) is 25.1 Å². The van der Waals surface area contributed by atoms with Gasteiger partial charge >= 0.3 is 0 Å². The molecule has 1 aromatic heterocycles. The van der Waals surface area contributed by atoms with Gasteiger partial charge in [0.1, 0.15) is 18.1 Å². The topological polar surface area (TPSA) is 80.9 Å². The van der Waals surface area contributed by atoms with Crippen LogP contribution in [0.2, 0.25) is 0 Å². The van der Waals surface area contributed by atoms with E-state index in [1.165, 1.54) is 0 Å². The molecule has 0 amide bonds. The first-order chi connectivity index (χ1) is 13.2. The van der Waals surface area contributed by atoms with Gasteiger partial charge in [0.25, 0.3) is 0 Å². The second-order valence-corrected chi connectivity index (χ2v) is 6.11. The fraction of sp³-hybridized carbons (Fsp3) is 0.500. The molecule has 0 unspecified atom stereocenters. The molecule has 27 heavy (non-hydrogen) atoms. The summed E-state index contributed by atoms with van der Waals surface area (Å²) in [5, 5.41) is 10.6. The molecule has 1 aromatic carbocycles. The fourth-order valence-corrected chi connectivity index (χ4v) is 2.73. The predicted molar refractivity (Wildman–Crippen MR) is 107 cm³/mol. The lowest BCUT2D eigenvalue weighted by atomic mass is 9.99. The van der Waals surface area contributed by atoms with Gasteiger partial charge < -0.3 is 24.6 Å². The molecular formula is C20H30N4O3. The summed E-state index contributed by atoms with van der Waals surface area (Å²) < 4.78 is 16.3. The molecule has 2 aromatic rings. The van der Waals surface area contributed by atoms with E-state index in [0.29, 0.717) is 31.6 Å². The number of hydrogen-bond donors (Lipinski definition) is 2. The molecule has 0 aliphatic carbocycles. The van der Waals surface area contributed by atoms with Crippen LogP contribution in [0.15, 0.2) is 39.8 Å². The van der Waals surface area contributed by atoms with Crippen LogP contribution in [0.25, 0.3) is 0 Å². The maximum Gasteiger partial charge on any atom is 0.191 e. The van der Waals surface area contributed by atoms with Crippen molar-refractivity contribution in [1.29, 1.82) is 0 Å². The molecule has 0 radical (unpaired) electrons. The maximum atomic E-state index is 5.71. The molecule has 2 rings (SSSR count). The first-order valence-electron chi connectivity index (χ1n) is 9.37. The molecule has 0 aliphatic heterocycles. The summed E-state index contributed by atoms with van der Waals surface area (Å²) in [5.41, 5.74) is 1.02. The zero-order valence-electron chi connectivity index (χ0n) is 16.6. The first kappa shape index (κ1) is 20.6. The van der Waals surface area contributed by atoms with Gasteiger partial charge in [0.2, 0.25) is 0 Å². The number of aromatic nitrogens is 1. The minimum Gasteiger partial charge on any atom is -0.497 e. The lowest BCUT2D eigenvalue weighted by molar-refractivity contribution is 0.318. The Morgan fingerprint density at radius 3 is 2.67 bits per heavy atom. The van der Waals surface area contributed by atoms with Crippen LogP contribution in [0.1, 0.15) is 44.1 Å². The standard InChI is InChI=1S/C20H30N4O3/c1-5-15(6-2)19-13-18(27-24-19)14-23-20(21-3)22-10-11-26-17-9-7-8-16(12-17)25-4/h7-9,12-13,15H,5-6,10-11,14H2,1-4H3,(H2,21,22,23). The summed E-state index contributed by atoms with van der Waals surface area (Å²) in [6, 6.07) is 9.56. The van der Waals surface area contributed by atoms with E-state index in [-0.39, 0.29) is 0 Å². The number of rotatable bonds is 10. The Morgan fingerprint density at radius 1 is 1.19 bits per heavy atom. The molecule has 0 atom stereocenters. The van der Waals surface area contributed by atoms with Crippen LogP contribution in [0.4, 0.5) is 0 Å². The third-order valence-corrected chi connectivity index (χ3v) is 4.34. The normalized spacial score (nSPS) is 11.5. The van der Waals surface area contributed by atoms with Gasteiger partial charge in [-0.25, -0.2) is 0 Å². The van der Waals surface area contributed by atoms with E-state index in [1.807, 2.05) is 30.3 Å². The Kier molecular flexibility index (Phi) is 8.48. The minimum atomic E-state index is 0.452. The Bertz CT molecular complexity index is 711. The number of guanidine groups is 1. The van der Waals surface area contributed by atoms with Crippen LogP contribution in [0, 0.1) is 0 Å². The molecule has 1 heterocycles. The number of nitrogens with one attached hydrogen (secondary N) is 2. The van der Waals surface area contributed by atoms with Crippen molar-refractivity contribution in [3.63, 3.8) is 0 Å². The third-order valence-electron chi connectivity index (χ3n) is 4.34. The van der Waals surface area contributed by atoms with E-state index in [1.54, 1.807) is 14.2 Å². The van der Waals surface area contributed by atoms with Gasteiger partial charge in [-0.15, -0.1) is 0 Å². The van der Waals surface area contributed by atoms with E-state index in [4.69, 9.17) is 14.0 Å². The van der Waals surface area contributed by atoms with E-state index in [9.17, 15) is 0 Å². The quantitative estimate of drug-likeness (QED) is 0.377. The number of aliphatic imine (C=N–C) groups is 1. The minimum absolute atomic E-state index is 0.452. The molecule has 0 fully saturated rings. The van der Waals surface area contributed by atoms with Crippen molar-refractivity contribution in [3.8, 4) is 11.5 Å². The van der Waals surface area contributed by atoms with E-state index in [2.05, 4.69) is 34.6 Å². The molecule has 7 nitrogen and oxygen atoms in total. The molecule has 7 heteroatoms. The highest BCUT2D eigenvalue weighted by molar-refractivity contribution is 5.79. The lowest BCUT2D eigenvalue weighted by Crippen LogP contribution is -2.38.